The number of likely N-dealkylation sites (tertiary alicyclic amines) is 1. The molecule has 1 N–H and O–H groups in total. The van der Waals surface area contributed by atoms with Gasteiger partial charge in [0.1, 0.15) is 6.04 Å². The van der Waals surface area contributed by atoms with E-state index in [0.717, 1.165) is 6.20 Å². The van der Waals surface area contributed by atoms with E-state index in [4.69, 9.17) is 5.11 Å². The molecule has 7 heteroatoms. The quantitative estimate of drug-likeness (QED) is 0.749. The van der Waals surface area contributed by atoms with Gasteiger partial charge in [0.15, 0.2) is 0 Å². The molecule has 1 atom stereocenters. The fourth-order valence-electron chi connectivity index (χ4n) is 1.49. The predicted molar refractivity (Wildman–Crippen MR) is 47.6 cm³/mol. The van der Waals surface area contributed by atoms with Crippen molar-refractivity contribution in [1.82, 2.24) is 4.90 Å². The Morgan fingerprint density at radius 3 is 2.50 bits per heavy atom. The van der Waals surface area contributed by atoms with Crippen molar-refractivity contribution in [2.45, 2.75) is 25.1 Å². The second-order valence-electron chi connectivity index (χ2n) is 3.41. The number of carboxylic acids is 1. The minimum Gasteiger partial charge on any atom is -0.480 e. The van der Waals surface area contributed by atoms with Crippen LogP contribution in [0.4, 0.5) is 13.2 Å². The van der Waals surface area contributed by atoms with Crippen molar-refractivity contribution in [3.8, 4) is 0 Å². The van der Waals surface area contributed by atoms with Crippen LogP contribution in [0.25, 0.3) is 0 Å². The molecule has 0 spiro atoms. The molecule has 0 radical (unpaired) electrons. The van der Waals surface area contributed by atoms with Crippen LogP contribution in [-0.2, 0) is 9.59 Å². The lowest BCUT2D eigenvalue weighted by Gasteiger charge is -2.18. The van der Waals surface area contributed by atoms with Crippen LogP contribution < -0.4 is 0 Å². The second kappa shape index (κ2) is 4.54. The molecule has 0 amide bonds. The molecule has 0 aromatic carbocycles. The molecule has 1 fully saturated rings. The van der Waals surface area contributed by atoms with E-state index in [2.05, 4.69) is 0 Å². The summed E-state index contributed by atoms with van der Waals surface area (Å²) in [5.41, 5.74) is 0. The van der Waals surface area contributed by atoms with Crippen molar-refractivity contribution in [2.24, 2.45) is 0 Å². The largest absolute Gasteiger partial charge is 0.480 e. The molecule has 90 valence electrons. The van der Waals surface area contributed by atoms with Gasteiger partial charge in [-0.3, -0.25) is 4.79 Å². The number of nitrogens with zero attached hydrogens (tertiary/aromatic N) is 1. The Bertz CT molecular complexity index is 324. The van der Waals surface area contributed by atoms with Crippen LogP contribution in [0, 0.1) is 0 Å². The zero-order chi connectivity index (χ0) is 12.3. The maximum absolute atomic E-state index is 11.8. The predicted octanol–water partition coefficient (Wildman–Crippen LogP) is 1.18. The van der Waals surface area contributed by atoms with Crippen LogP contribution in [0.3, 0.4) is 0 Å². The molecule has 1 aliphatic heterocycles. The summed E-state index contributed by atoms with van der Waals surface area (Å²) in [5.74, 6) is -3.08. The first-order chi connectivity index (χ1) is 7.32. The topological polar surface area (TPSA) is 57.6 Å². The fourth-order valence-corrected chi connectivity index (χ4v) is 1.49. The Labute approximate surface area is 89.3 Å². The summed E-state index contributed by atoms with van der Waals surface area (Å²) in [6.45, 7) is 0.346. The van der Waals surface area contributed by atoms with Crippen molar-refractivity contribution < 1.29 is 27.9 Å². The first kappa shape index (κ1) is 12.5. The number of carbonyl (C=O) groups is 2. The molecule has 0 aliphatic carbocycles. The monoisotopic (exact) mass is 237 g/mol. The van der Waals surface area contributed by atoms with Gasteiger partial charge in [-0.1, -0.05) is 0 Å². The van der Waals surface area contributed by atoms with Crippen molar-refractivity contribution in [2.75, 3.05) is 6.54 Å². The molecule has 0 aromatic rings. The van der Waals surface area contributed by atoms with Gasteiger partial charge in [-0.05, 0) is 12.8 Å². The summed E-state index contributed by atoms with van der Waals surface area (Å²) in [6, 6.07) is -0.836. The van der Waals surface area contributed by atoms with Crippen LogP contribution in [0.2, 0.25) is 0 Å². The number of alkyl halides is 3. The Morgan fingerprint density at radius 2 is 2.00 bits per heavy atom. The van der Waals surface area contributed by atoms with Crippen molar-refractivity contribution in [1.29, 1.82) is 0 Å². The number of carboxylic acid groups (broad SMARTS) is 1. The smallest absolute Gasteiger partial charge is 0.454 e. The Balaban J connectivity index is 2.63. The van der Waals surface area contributed by atoms with E-state index < -0.39 is 24.0 Å². The van der Waals surface area contributed by atoms with E-state index in [9.17, 15) is 22.8 Å². The number of allylic oxidation sites excluding steroid dienone is 1. The van der Waals surface area contributed by atoms with E-state index in [0.29, 0.717) is 25.5 Å². The molecule has 4 nitrogen and oxygen atoms in total. The highest BCUT2D eigenvalue weighted by Crippen LogP contribution is 2.20. The summed E-state index contributed by atoms with van der Waals surface area (Å²) in [7, 11) is 0. The van der Waals surface area contributed by atoms with Crippen LogP contribution >= 0.6 is 0 Å². The van der Waals surface area contributed by atoms with E-state index in [1.165, 1.54) is 4.90 Å². The molecule has 0 bridgehead atoms. The van der Waals surface area contributed by atoms with E-state index in [1.807, 2.05) is 0 Å². The third-order valence-electron chi connectivity index (χ3n) is 2.28. The normalized spacial score (nSPS) is 21.7. The summed E-state index contributed by atoms with van der Waals surface area (Å²) in [5, 5.41) is 8.73. The average Bonchev–Trinajstić information content (AvgIpc) is 2.60. The molecule has 1 rings (SSSR count). The van der Waals surface area contributed by atoms with Gasteiger partial charge in [0.25, 0.3) is 5.78 Å². The second-order valence-corrected chi connectivity index (χ2v) is 3.41. The lowest BCUT2D eigenvalue weighted by atomic mass is 10.2. The third-order valence-corrected chi connectivity index (χ3v) is 2.28. The molecule has 1 heterocycles. The molecular formula is C9H10F3NO3. The zero-order valence-electron chi connectivity index (χ0n) is 8.20. The Morgan fingerprint density at radius 1 is 1.38 bits per heavy atom. The number of rotatable bonds is 3. The van der Waals surface area contributed by atoms with Crippen LogP contribution in [0.15, 0.2) is 12.3 Å². The minimum absolute atomic E-state index is 0.346. The van der Waals surface area contributed by atoms with Gasteiger partial charge in [-0.15, -0.1) is 0 Å². The number of aliphatic carboxylic acids is 1. The maximum atomic E-state index is 11.8. The number of hydrogen-bond acceptors (Lipinski definition) is 3. The van der Waals surface area contributed by atoms with Gasteiger partial charge in [-0.2, -0.15) is 13.2 Å². The van der Waals surface area contributed by atoms with Crippen LogP contribution in [0.5, 0.6) is 0 Å². The number of carbonyl (C=O) groups excluding carboxylic acids is 1. The number of hydrogen-bond donors (Lipinski definition) is 1. The van der Waals surface area contributed by atoms with Gasteiger partial charge in [0.2, 0.25) is 0 Å². The summed E-state index contributed by atoms with van der Waals surface area (Å²) < 4.78 is 35.5. The Hall–Kier alpha value is -1.53. The molecule has 1 aliphatic rings. The van der Waals surface area contributed by atoms with E-state index in [1.54, 1.807) is 0 Å². The standard InChI is InChI=1S/C9H10F3NO3/c10-9(11,12)7(14)3-5-13-4-1-2-6(13)8(15)16/h3,5-6H,1-2,4H2,(H,15,16)/b5-3+. The van der Waals surface area contributed by atoms with Gasteiger partial charge in [0.05, 0.1) is 0 Å². The van der Waals surface area contributed by atoms with Crippen molar-refractivity contribution in [3.05, 3.63) is 12.3 Å². The van der Waals surface area contributed by atoms with Gasteiger partial charge in [0, 0.05) is 18.8 Å². The highest BCUT2D eigenvalue weighted by atomic mass is 19.4. The molecular weight excluding hydrogens is 227 g/mol. The third kappa shape index (κ3) is 2.98. The highest BCUT2D eigenvalue weighted by Gasteiger charge is 2.36. The van der Waals surface area contributed by atoms with Gasteiger partial charge < -0.3 is 10.0 Å². The molecule has 1 saturated heterocycles. The van der Waals surface area contributed by atoms with Crippen LogP contribution in [0.1, 0.15) is 12.8 Å². The zero-order valence-corrected chi connectivity index (χ0v) is 8.20. The van der Waals surface area contributed by atoms with Crippen molar-refractivity contribution >= 4 is 11.8 Å². The average molecular weight is 237 g/mol. The lowest BCUT2D eigenvalue weighted by molar-refractivity contribution is -0.165. The van der Waals surface area contributed by atoms with Gasteiger partial charge >= 0.3 is 12.1 Å². The first-order valence-electron chi connectivity index (χ1n) is 4.60. The van der Waals surface area contributed by atoms with E-state index >= 15 is 0 Å². The molecule has 0 saturated carbocycles. The fraction of sp³-hybridized carbons (Fsp3) is 0.556. The highest BCUT2D eigenvalue weighted by molar-refractivity contribution is 5.94. The summed E-state index contributed by atoms with van der Waals surface area (Å²) in [4.78, 5) is 22.4. The molecule has 1 unspecified atom stereocenters. The summed E-state index contributed by atoms with van der Waals surface area (Å²) >= 11 is 0. The number of ketones is 1. The Kier molecular flexibility index (Phi) is 3.56. The minimum atomic E-state index is -4.91. The van der Waals surface area contributed by atoms with Gasteiger partial charge in [-0.25, -0.2) is 4.79 Å². The SMILES string of the molecule is O=C(O)C1CCCN1/C=C/C(=O)C(F)(F)F. The summed E-state index contributed by atoms with van der Waals surface area (Å²) in [6.07, 6.45) is -2.68. The first-order valence-corrected chi connectivity index (χ1v) is 4.60. The maximum Gasteiger partial charge on any atom is 0.454 e. The van der Waals surface area contributed by atoms with E-state index in [-0.39, 0.29) is 0 Å². The van der Waals surface area contributed by atoms with Crippen LogP contribution in [-0.4, -0.2) is 40.5 Å². The lowest BCUT2D eigenvalue weighted by Crippen LogP contribution is -2.32. The number of halogens is 3. The molecule has 16 heavy (non-hydrogen) atoms. The van der Waals surface area contributed by atoms with Crippen molar-refractivity contribution in [3.63, 3.8) is 0 Å². The molecule has 0 aromatic heterocycles.